The molecule has 0 saturated heterocycles. The van der Waals surface area contributed by atoms with Crippen LogP contribution in [0.1, 0.15) is 0 Å². The van der Waals surface area contributed by atoms with E-state index in [0.29, 0.717) is 0 Å². The van der Waals surface area contributed by atoms with Crippen LogP contribution < -0.4 is 4.90 Å². The molecule has 0 N–H and O–H groups in total. The van der Waals surface area contributed by atoms with Crippen LogP contribution in [0.25, 0.3) is 87.6 Å². The molecule has 0 amide bonds. The van der Waals surface area contributed by atoms with Crippen LogP contribution in [0.4, 0.5) is 17.1 Å². The molecule has 1 heterocycles. The second kappa shape index (κ2) is 13.2. The highest BCUT2D eigenvalue weighted by molar-refractivity contribution is 6.15. The number of para-hydroxylation sites is 1. The molecule has 56 heavy (non-hydrogen) atoms. The van der Waals surface area contributed by atoms with Crippen LogP contribution in [0.5, 0.6) is 0 Å². The van der Waals surface area contributed by atoms with Crippen molar-refractivity contribution in [3.05, 3.63) is 212 Å². The first-order valence-electron chi connectivity index (χ1n) is 19.2. The van der Waals surface area contributed by atoms with Crippen molar-refractivity contribution in [2.45, 2.75) is 0 Å². The normalized spacial score (nSPS) is 11.6. The number of fused-ring (bicyclic) bond motifs is 7. The molecular formula is C54H35NO. The zero-order chi connectivity index (χ0) is 37.0. The zero-order valence-electron chi connectivity index (χ0n) is 30.6. The summed E-state index contributed by atoms with van der Waals surface area (Å²) in [4.78, 5) is 2.36. The molecular weight excluding hydrogens is 679 g/mol. The summed E-state index contributed by atoms with van der Waals surface area (Å²) in [6.45, 7) is 0. The van der Waals surface area contributed by atoms with Gasteiger partial charge in [-0.05, 0) is 126 Å². The Kier molecular flexibility index (Phi) is 7.53. The van der Waals surface area contributed by atoms with Crippen LogP contribution in [0.3, 0.4) is 0 Å². The summed E-state index contributed by atoms with van der Waals surface area (Å²) in [6, 6.07) is 76.5. The molecule has 0 aliphatic carbocycles. The highest BCUT2D eigenvalue weighted by Crippen LogP contribution is 2.44. The third kappa shape index (κ3) is 5.42. The van der Waals surface area contributed by atoms with E-state index in [1.54, 1.807) is 0 Å². The Bertz CT molecular complexity index is 3250. The van der Waals surface area contributed by atoms with E-state index in [9.17, 15) is 0 Å². The standard InChI is InChI=1S/C54H35NO/c1-2-12-39-33-41(24-23-36(39)11-1)38-27-31-45(32-28-38)55(51-20-10-22-53-54(51)49-19-7-8-21-52(49)56-53)44-29-25-37(26-30-44)40-14-9-15-42(34-40)50-35-43-13-3-4-16-46(43)47-17-5-6-18-48(47)50/h1-35H. The SMILES string of the molecule is c1cc(-c2ccc(N(c3ccc(-c4ccc5ccccc5c4)cc3)c3cccc4oc5ccccc5c34)cc2)cc(-c2cc3ccccc3c3ccccc23)c1. The molecule has 0 saturated carbocycles. The van der Waals surface area contributed by atoms with Crippen LogP contribution in [0, 0.1) is 0 Å². The minimum Gasteiger partial charge on any atom is -0.456 e. The van der Waals surface area contributed by atoms with E-state index in [2.05, 4.69) is 205 Å². The van der Waals surface area contributed by atoms with Gasteiger partial charge in [-0.15, -0.1) is 0 Å². The van der Waals surface area contributed by atoms with Crippen molar-refractivity contribution < 1.29 is 4.42 Å². The van der Waals surface area contributed by atoms with Crippen molar-refractivity contribution in [3.63, 3.8) is 0 Å². The van der Waals surface area contributed by atoms with Gasteiger partial charge in [0.1, 0.15) is 11.2 Å². The first kappa shape index (κ1) is 32.0. The Hall–Kier alpha value is -7.42. The maximum Gasteiger partial charge on any atom is 0.137 e. The number of benzene rings is 10. The molecule has 11 aromatic rings. The lowest BCUT2D eigenvalue weighted by atomic mass is 9.92. The second-order valence-electron chi connectivity index (χ2n) is 14.5. The summed E-state index contributed by atoms with van der Waals surface area (Å²) >= 11 is 0. The molecule has 0 atom stereocenters. The van der Waals surface area contributed by atoms with Gasteiger partial charge in [0.25, 0.3) is 0 Å². The highest BCUT2D eigenvalue weighted by Gasteiger charge is 2.20. The van der Waals surface area contributed by atoms with E-state index in [0.717, 1.165) is 39.0 Å². The van der Waals surface area contributed by atoms with Crippen molar-refractivity contribution in [3.8, 4) is 33.4 Å². The van der Waals surface area contributed by atoms with Gasteiger partial charge >= 0.3 is 0 Å². The van der Waals surface area contributed by atoms with E-state index < -0.39 is 0 Å². The van der Waals surface area contributed by atoms with Crippen LogP contribution in [0.15, 0.2) is 217 Å². The fraction of sp³-hybridized carbons (Fsp3) is 0. The van der Waals surface area contributed by atoms with Crippen LogP contribution in [-0.2, 0) is 0 Å². The van der Waals surface area contributed by atoms with Crippen LogP contribution >= 0.6 is 0 Å². The molecule has 1 aromatic heterocycles. The highest BCUT2D eigenvalue weighted by atomic mass is 16.3. The molecule has 11 rings (SSSR count). The van der Waals surface area contributed by atoms with Crippen molar-refractivity contribution in [1.29, 1.82) is 0 Å². The fourth-order valence-electron chi connectivity index (χ4n) is 8.50. The zero-order valence-corrected chi connectivity index (χ0v) is 30.6. The summed E-state index contributed by atoms with van der Waals surface area (Å²) < 4.78 is 6.38. The van der Waals surface area contributed by atoms with Crippen LogP contribution in [-0.4, -0.2) is 0 Å². The molecule has 0 spiro atoms. The Balaban J connectivity index is 1.01. The Labute approximate surface area is 325 Å². The molecule has 0 unspecified atom stereocenters. The van der Waals surface area contributed by atoms with E-state index >= 15 is 0 Å². The third-order valence-corrected chi connectivity index (χ3v) is 11.2. The van der Waals surface area contributed by atoms with E-state index in [4.69, 9.17) is 4.42 Å². The lowest BCUT2D eigenvalue weighted by Gasteiger charge is -2.26. The summed E-state index contributed by atoms with van der Waals surface area (Å²) in [5, 5.41) is 9.77. The number of nitrogens with zero attached hydrogens (tertiary/aromatic N) is 1. The number of hydrogen-bond acceptors (Lipinski definition) is 2. The summed E-state index contributed by atoms with van der Waals surface area (Å²) in [7, 11) is 0. The molecule has 10 aromatic carbocycles. The van der Waals surface area contributed by atoms with E-state index in [-0.39, 0.29) is 0 Å². The Morgan fingerprint density at radius 1 is 0.304 bits per heavy atom. The van der Waals surface area contributed by atoms with E-state index in [1.807, 2.05) is 12.1 Å². The van der Waals surface area contributed by atoms with Gasteiger partial charge in [-0.1, -0.05) is 152 Å². The predicted molar refractivity (Wildman–Crippen MR) is 237 cm³/mol. The Morgan fingerprint density at radius 3 is 1.62 bits per heavy atom. The minimum atomic E-state index is 0.871. The van der Waals surface area contributed by atoms with Gasteiger partial charge in [-0.2, -0.15) is 0 Å². The molecule has 2 heteroatoms. The predicted octanol–water partition coefficient (Wildman–Crippen LogP) is 15.5. The molecule has 0 radical (unpaired) electrons. The van der Waals surface area contributed by atoms with Gasteiger partial charge in [0.05, 0.1) is 11.1 Å². The maximum absolute atomic E-state index is 6.38. The molecule has 262 valence electrons. The Morgan fingerprint density at radius 2 is 0.857 bits per heavy atom. The average molecular weight is 714 g/mol. The van der Waals surface area contributed by atoms with Crippen molar-refractivity contribution >= 4 is 71.3 Å². The first-order valence-corrected chi connectivity index (χ1v) is 19.2. The largest absolute Gasteiger partial charge is 0.456 e. The number of anilines is 3. The van der Waals surface area contributed by atoms with Crippen LogP contribution in [0.2, 0.25) is 0 Å². The lowest BCUT2D eigenvalue weighted by molar-refractivity contribution is 0.669. The number of furan rings is 1. The first-order chi connectivity index (χ1) is 27.7. The summed E-state index contributed by atoms with van der Waals surface area (Å²) in [5.74, 6) is 0. The topological polar surface area (TPSA) is 16.4 Å². The summed E-state index contributed by atoms with van der Waals surface area (Å²) in [5.41, 5.74) is 12.2. The molecule has 2 nitrogen and oxygen atoms in total. The number of hydrogen-bond donors (Lipinski definition) is 0. The molecule has 0 aliphatic rings. The monoisotopic (exact) mass is 713 g/mol. The maximum atomic E-state index is 6.38. The van der Waals surface area contributed by atoms with Gasteiger partial charge in [-0.3, -0.25) is 0 Å². The fourth-order valence-corrected chi connectivity index (χ4v) is 8.50. The van der Waals surface area contributed by atoms with E-state index in [1.165, 1.54) is 65.7 Å². The lowest BCUT2D eigenvalue weighted by Crippen LogP contribution is -2.10. The van der Waals surface area contributed by atoms with Gasteiger partial charge in [0.2, 0.25) is 0 Å². The van der Waals surface area contributed by atoms with Crippen molar-refractivity contribution in [1.82, 2.24) is 0 Å². The summed E-state index contributed by atoms with van der Waals surface area (Å²) in [6.07, 6.45) is 0. The number of rotatable bonds is 6. The smallest absolute Gasteiger partial charge is 0.137 e. The molecule has 0 fully saturated rings. The van der Waals surface area contributed by atoms with Gasteiger partial charge in [0, 0.05) is 16.8 Å². The third-order valence-electron chi connectivity index (χ3n) is 11.2. The molecule has 0 aliphatic heterocycles. The van der Waals surface area contributed by atoms with Crippen molar-refractivity contribution in [2.24, 2.45) is 0 Å². The van der Waals surface area contributed by atoms with Crippen molar-refractivity contribution in [2.75, 3.05) is 4.90 Å². The van der Waals surface area contributed by atoms with Gasteiger partial charge in [-0.25, -0.2) is 0 Å². The molecule has 0 bridgehead atoms. The van der Waals surface area contributed by atoms with Gasteiger partial charge < -0.3 is 9.32 Å². The van der Waals surface area contributed by atoms with Gasteiger partial charge in [0.15, 0.2) is 0 Å². The second-order valence-corrected chi connectivity index (χ2v) is 14.5. The quantitative estimate of drug-likeness (QED) is 0.160. The average Bonchev–Trinajstić information content (AvgIpc) is 3.66. The minimum absolute atomic E-state index is 0.871.